The molecule has 0 aliphatic rings. The van der Waals surface area contributed by atoms with E-state index in [9.17, 15) is 13.5 Å². The fourth-order valence-corrected chi connectivity index (χ4v) is 3.89. The van der Waals surface area contributed by atoms with Crippen molar-refractivity contribution in [1.82, 2.24) is 14.5 Å². The lowest BCUT2D eigenvalue weighted by Gasteiger charge is -2.12. The van der Waals surface area contributed by atoms with Crippen LogP contribution in [0.15, 0.2) is 35.2 Å². The maximum Gasteiger partial charge on any atom is 0.244 e. The van der Waals surface area contributed by atoms with Crippen molar-refractivity contribution >= 4 is 10.0 Å². The highest BCUT2D eigenvalue weighted by molar-refractivity contribution is 7.89. The molecular formula is C15H21N3O3S. The number of benzene rings is 1. The van der Waals surface area contributed by atoms with E-state index >= 15 is 0 Å². The highest BCUT2D eigenvalue weighted by Gasteiger charge is 2.24. The van der Waals surface area contributed by atoms with Gasteiger partial charge in [-0.1, -0.05) is 30.3 Å². The van der Waals surface area contributed by atoms with E-state index in [0.29, 0.717) is 17.8 Å². The molecule has 22 heavy (non-hydrogen) atoms. The largest absolute Gasteiger partial charge is 0.391 e. The average molecular weight is 323 g/mol. The molecule has 0 bridgehead atoms. The van der Waals surface area contributed by atoms with Gasteiger partial charge in [-0.25, -0.2) is 13.1 Å². The number of aryl methyl sites for hydroxylation is 2. The molecular weight excluding hydrogens is 302 g/mol. The topological polar surface area (TPSA) is 84.2 Å². The number of aromatic nitrogens is 2. The van der Waals surface area contributed by atoms with Crippen molar-refractivity contribution in [3.8, 4) is 0 Å². The van der Waals surface area contributed by atoms with Gasteiger partial charge in [-0.05, 0) is 25.8 Å². The van der Waals surface area contributed by atoms with Gasteiger partial charge in [0, 0.05) is 13.6 Å². The Hall–Kier alpha value is -1.70. The first kappa shape index (κ1) is 16.7. The van der Waals surface area contributed by atoms with Gasteiger partial charge in [-0.2, -0.15) is 5.10 Å². The Labute approximate surface area is 130 Å². The summed E-state index contributed by atoms with van der Waals surface area (Å²) in [5.41, 5.74) is 1.98. The number of hydrogen-bond acceptors (Lipinski definition) is 4. The number of sulfonamides is 1. The van der Waals surface area contributed by atoms with Gasteiger partial charge in [0.25, 0.3) is 0 Å². The maximum atomic E-state index is 12.4. The summed E-state index contributed by atoms with van der Waals surface area (Å²) in [7, 11) is -1.98. The van der Waals surface area contributed by atoms with Gasteiger partial charge >= 0.3 is 0 Å². The normalized spacial score (nSPS) is 13.3. The Bertz CT molecular complexity index is 739. The molecule has 7 heteroatoms. The zero-order valence-electron chi connectivity index (χ0n) is 12.9. The number of rotatable bonds is 6. The van der Waals surface area contributed by atoms with Crippen LogP contribution in [0.1, 0.15) is 17.0 Å². The van der Waals surface area contributed by atoms with Crippen LogP contribution in [0.3, 0.4) is 0 Å². The second-order valence-electron chi connectivity index (χ2n) is 5.32. The molecule has 1 atom stereocenters. The predicted octanol–water partition coefficient (Wildman–Crippen LogP) is 0.919. The fraction of sp³-hybridized carbons (Fsp3) is 0.400. The molecule has 0 aliphatic heterocycles. The van der Waals surface area contributed by atoms with Crippen molar-refractivity contribution in [2.45, 2.75) is 31.3 Å². The number of nitrogens with one attached hydrogen (secondary N) is 1. The molecule has 1 unspecified atom stereocenters. The molecule has 0 saturated heterocycles. The van der Waals surface area contributed by atoms with Crippen molar-refractivity contribution < 1.29 is 13.5 Å². The van der Waals surface area contributed by atoms with E-state index in [4.69, 9.17) is 0 Å². The van der Waals surface area contributed by atoms with Crippen LogP contribution >= 0.6 is 0 Å². The molecule has 0 aliphatic carbocycles. The molecule has 1 aromatic carbocycles. The van der Waals surface area contributed by atoms with E-state index in [1.807, 2.05) is 30.3 Å². The van der Waals surface area contributed by atoms with Crippen molar-refractivity contribution in [3.63, 3.8) is 0 Å². The van der Waals surface area contributed by atoms with Crippen LogP contribution in [-0.2, 0) is 23.5 Å². The van der Waals surface area contributed by atoms with E-state index in [0.717, 1.165) is 5.56 Å². The summed E-state index contributed by atoms with van der Waals surface area (Å²) in [6, 6.07) is 9.45. The lowest BCUT2D eigenvalue weighted by molar-refractivity contribution is 0.179. The minimum Gasteiger partial charge on any atom is -0.391 e. The van der Waals surface area contributed by atoms with E-state index in [1.165, 1.54) is 4.68 Å². The third-order valence-corrected chi connectivity index (χ3v) is 5.21. The summed E-state index contributed by atoms with van der Waals surface area (Å²) in [5.74, 6) is 0. The first-order valence-electron chi connectivity index (χ1n) is 7.03. The molecule has 6 nitrogen and oxygen atoms in total. The molecule has 2 aromatic rings. The second kappa shape index (κ2) is 6.60. The molecule has 1 heterocycles. The van der Waals surface area contributed by atoms with Gasteiger partial charge in [0.05, 0.1) is 17.5 Å². The predicted molar refractivity (Wildman–Crippen MR) is 84.0 cm³/mol. The van der Waals surface area contributed by atoms with Gasteiger partial charge in [0.2, 0.25) is 10.0 Å². The molecule has 0 spiro atoms. The number of hydrogen-bond donors (Lipinski definition) is 2. The smallest absolute Gasteiger partial charge is 0.244 e. The van der Waals surface area contributed by atoms with Crippen LogP contribution in [0.4, 0.5) is 0 Å². The second-order valence-corrected chi connectivity index (χ2v) is 7.02. The first-order chi connectivity index (χ1) is 10.3. The minimum absolute atomic E-state index is 0.0367. The first-order valence-corrected chi connectivity index (χ1v) is 8.51. The van der Waals surface area contributed by atoms with Gasteiger partial charge in [0.15, 0.2) is 0 Å². The summed E-state index contributed by atoms with van der Waals surface area (Å²) in [4.78, 5) is 0.182. The van der Waals surface area contributed by atoms with Crippen molar-refractivity contribution in [2.24, 2.45) is 7.05 Å². The minimum atomic E-state index is -3.68. The van der Waals surface area contributed by atoms with E-state index in [1.54, 1.807) is 20.9 Å². The monoisotopic (exact) mass is 323 g/mol. The van der Waals surface area contributed by atoms with Crippen LogP contribution in [0.5, 0.6) is 0 Å². The third-order valence-electron chi connectivity index (χ3n) is 3.53. The Morgan fingerprint density at radius 3 is 2.45 bits per heavy atom. The van der Waals surface area contributed by atoms with E-state index in [-0.39, 0.29) is 11.4 Å². The van der Waals surface area contributed by atoms with Crippen LogP contribution in [0.25, 0.3) is 0 Å². The summed E-state index contributed by atoms with van der Waals surface area (Å²) < 4.78 is 28.7. The highest BCUT2D eigenvalue weighted by atomic mass is 32.2. The Kier molecular flexibility index (Phi) is 5.00. The molecule has 1 aromatic heterocycles. The zero-order chi connectivity index (χ0) is 16.3. The quantitative estimate of drug-likeness (QED) is 0.828. The lowest BCUT2D eigenvalue weighted by Crippen LogP contribution is -2.33. The molecule has 2 rings (SSSR count). The summed E-state index contributed by atoms with van der Waals surface area (Å²) in [6.07, 6.45) is -0.386. The molecule has 2 N–H and O–H groups in total. The SMILES string of the molecule is Cc1nn(C)c(C)c1S(=O)(=O)NCC(O)Cc1ccccc1. The average Bonchev–Trinajstić information content (AvgIpc) is 2.72. The van der Waals surface area contributed by atoms with Crippen molar-refractivity contribution in [3.05, 3.63) is 47.3 Å². The number of aliphatic hydroxyl groups is 1. The van der Waals surface area contributed by atoms with Crippen molar-refractivity contribution in [1.29, 1.82) is 0 Å². The molecule has 0 saturated carbocycles. The van der Waals surface area contributed by atoms with E-state index in [2.05, 4.69) is 9.82 Å². The number of aliphatic hydroxyl groups excluding tert-OH is 1. The summed E-state index contributed by atoms with van der Waals surface area (Å²) >= 11 is 0. The molecule has 0 radical (unpaired) electrons. The van der Waals surface area contributed by atoms with Gasteiger partial charge in [-0.3, -0.25) is 4.68 Å². The summed E-state index contributed by atoms with van der Waals surface area (Å²) in [5, 5.41) is 14.1. The zero-order valence-corrected chi connectivity index (χ0v) is 13.8. The van der Waals surface area contributed by atoms with Crippen LogP contribution in [-0.4, -0.2) is 36.0 Å². The molecule has 0 fully saturated rings. The van der Waals surface area contributed by atoms with Gasteiger partial charge < -0.3 is 5.11 Å². The van der Waals surface area contributed by atoms with Crippen LogP contribution in [0, 0.1) is 13.8 Å². The van der Waals surface area contributed by atoms with Gasteiger partial charge in [0.1, 0.15) is 4.90 Å². The number of nitrogens with zero attached hydrogens (tertiary/aromatic N) is 2. The third kappa shape index (κ3) is 3.73. The Morgan fingerprint density at radius 1 is 1.27 bits per heavy atom. The van der Waals surface area contributed by atoms with Crippen LogP contribution < -0.4 is 4.72 Å². The van der Waals surface area contributed by atoms with Crippen LogP contribution in [0.2, 0.25) is 0 Å². The Morgan fingerprint density at radius 2 is 1.91 bits per heavy atom. The standard InChI is InChI=1S/C15H21N3O3S/c1-11-15(12(2)18(3)17-11)22(20,21)16-10-14(19)9-13-7-5-4-6-8-13/h4-8,14,16,19H,9-10H2,1-3H3. The Balaban J connectivity index is 2.04. The summed E-state index contributed by atoms with van der Waals surface area (Å²) in [6.45, 7) is 3.32. The molecule has 120 valence electrons. The lowest BCUT2D eigenvalue weighted by atomic mass is 10.1. The fourth-order valence-electron chi connectivity index (χ4n) is 2.38. The van der Waals surface area contributed by atoms with Gasteiger partial charge in [-0.15, -0.1) is 0 Å². The van der Waals surface area contributed by atoms with E-state index < -0.39 is 16.1 Å². The van der Waals surface area contributed by atoms with Crippen molar-refractivity contribution in [2.75, 3.05) is 6.54 Å². The molecule has 0 amide bonds. The maximum absolute atomic E-state index is 12.4. The highest BCUT2D eigenvalue weighted by Crippen LogP contribution is 2.18.